The van der Waals surface area contributed by atoms with E-state index in [1.165, 1.54) is 12.1 Å². The van der Waals surface area contributed by atoms with Crippen LogP contribution in [0.1, 0.15) is 22.1 Å². The van der Waals surface area contributed by atoms with Gasteiger partial charge in [0.05, 0.1) is 17.8 Å². The number of rotatable bonds is 4. The molecule has 0 aliphatic heterocycles. The normalized spacial score (nSPS) is 10.3. The van der Waals surface area contributed by atoms with Crippen molar-refractivity contribution in [2.45, 2.75) is 13.5 Å². The number of hydrogen-bond acceptors (Lipinski definition) is 5. The fourth-order valence-electron chi connectivity index (χ4n) is 1.38. The number of aromatic carboxylic acids is 1. The molecule has 0 aliphatic carbocycles. The number of carboxylic acid groups (broad SMARTS) is 1. The van der Waals surface area contributed by atoms with Gasteiger partial charge < -0.3 is 14.9 Å². The van der Waals surface area contributed by atoms with Crippen molar-refractivity contribution in [3.63, 3.8) is 0 Å². The van der Waals surface area contributed by atoms with Crippen molar-refractivity contribution in [1.82, 2.24) is 10.1 Å². The summed E-state index contributed by atoms with van der Waals surface area (Å²) in [5, 5.41) is 15.1. The molecule has 2 aromatic rings. The van der Waals surface area contributed by atoms with Crippen LogP contribution in [0.3, 0.4) is 0 Å². The second-order valence-corrected chi connectivity index (χ2v) is 3.58. The first-order chi connectivity index (χ1) is 8.56. The van der Waals surface area contributed by atoms with Crippen LogP contribution in [0, 0.1) is 12.7 Å². The molecule has 1 heterocycles. The quantitative estimate of drug-likeness (QED) is 0.861. The first kappa shape index (κ1) is 12.0. The van der Waals surface area contributed by atoms with Gasteiger partial charge in [-0.15, -0.1) is 0 Å². The minimum absolute atomic E-state index is 0.103. The summed E-state index contributed by atoms with van der Waals surface area (Å²) in [5.74, 6) is -0.993. The molecule has 0 saturated heterocycles. The van der Waals surface area contributed by atoms with Crippen molar-refractivity contribution >= 4 is 11.7 Å². The molecule has 2 N–H and O–H groups in total. The number of carbonyl (C=O) groups is 1. The highest BCUT2D eigenvalue weighted by Crippen LogP contribution is 2.16. The summed E-state index contributed by atoms with van der Waals surface area (Å²) in [7, 11) is 0. The SMILES string of the molecule is Cc1nc(CNc2ccc(C(=O)O)cc2F)no1. The van der Waals surface area contributed by atoms with Crippen LogP contribution in [0.4, 0.5) is 10.1 Å². The van der Waals surface area contributed by atoms with Gasteiger partial charge in [-0.1, -0.05) is 5.16 Å². The first-order valence-electron chi connectivity index (χ1n) is 5.12. The molecule has 0 fully saturated rings. The van der Waals surface area contributed by atoms with Gasteiger partial charge in [-0.05, 0) is 18.2 Å². The monoisotopic (exact) mass is 251 g/mol. The smallest absolute Gasteiger partial charge is 0.335 e. The molecule has 0 aliphatic rings. The van der Waals surface area contributed by atoms with Crippen molar-refractivity contribution in [3.8, 4) is 0 Å². The Bertz CT molecular complexity index is 583. The first-order valence-corrected chi connectivity index (χ1v) is 5.12. The van der Waals surface area contributed by atoms with Crippen LogP contribution in [-0.2, 0) is 6.54 Å². The van der Waals surface area contributed by atoms with Crippen LogP contribution in [-0.4, -0.2) is 21.2 Å². The van der Waals surface area contributed by atoms with E-state index in [0.717, 1.165) is 6.07 Å². The molecular weight excluding hydrogens is 241 g/mol. The van der Waals surface area contributed by atoms with Crippen LogP contribution >= 0.6 is 0 Å². The Hall–Kier alpha value is -2.44. The van der Waals surface area contributed by atoms with Gasteiger partial charge in [0.1, 0.15) is 5.82 Å². The van der Waals surface area contributed by atoms with Crippen LogP contribution in [0.15, 0.2) is 22.7 Å². The molecule has 6 nitrogen and oxygen atoms in total. The number of aryl methyl sites for hydroxylation is 1. The Morgan fingerprint density at radius 3 is 2.89 bits per heavy atom. The third-order valence-electron chi connectivity index (χ3n) is 2.22. The molecule has 7 heteroatoms. The molecule has 1 aromatic heterocycles. The van der Waals surface area contributed by atoms with Crippen LogP contribution < -0.4 is 5.32 Å². The Kier molecular flexibility index (Phi) is 3.22. The fourth-order valence-corrected chi connectivity index (χ4v) is 1.38. The summed E-state index contributed by atoms with van der Waals surface area (Å²) in [6.45, 7) is 1.85. The second-order valence-electron chi connectivity index (χ2n) is 3.58. The van der Waals surface area contributed by atoms with E-state index in [2.05, 4.69) is 15.5 Å². The van der Waals surface area contributed by atoms with Crippen LogP contribution in [0.25, 0.3) is 0 Å². The van der Waals surface area contributed by atoms with Crippen LogP contribution in [0.5, 0.6) is 0 Å². The second kappa shape index (κ2) is 4.82. The van der Waals surface area contributed by atoms with E-state index in [-0.39, 0.29) is 17.8 Å². The molecule has 0 saturated carbocycles. The molecular formula is C11H10FN3O3. The van der Waals surface area contributed by atoms with E-state index < -0.39 is 11.8 Å². The zero-order chi connectivity index (χ0) is 13.1. The lowest BCUT2D eigenvalue weighted by molar-refractivity contribution is 0.0696. The molecule has 0 radical (unpaired) electrons. The Balaban J connectivity index is 2.08. The molecule has 18 heavy (non-hydrogen) atoms. The van der Waals surface area contributed by atoms with Crippen LogP contribution in [0.2, 0.25) is 0 Å². The van der Waals surface area contributed by atoms with Crippen molar-refractivity contribution in [3.05, 3.63) is 41.3 Å². The number of aromatic nitrogens is 2. The molecule has 2 rings (SSSR count). The third-order valence-corrected chi connectivity index (χ3v) is 2.22. The minimum Gasteiger partial charge on any atom is -0.478 e. The highest BCUT2D eigenvalue weighted by atomic mass is 19.1. The predicted molar refractivity (Wildman–Crippen MR) is 59.7 cm³/mol. The van der Waals surface area contributed by atoms with Crippen molar-refractivity contribution in [1.29, 1.82) is 0 Å². The molecule has 0 bridgehead atoms. The lowest BCUT2D eigenvalue weighted by atomic mass is 10.2. The summed E-state index contributed by atoms with van der Waals surface area (Å²) < 4.78 is 18.3. The molecule has 0 amide bonds. The van der Waals surface area contributed by atoms with Gasteiger partial charge in [-0.3, -0.25) is 0 Å². The van der Waals surface area contributed by atoms with Gasteiger partial charge in [-0.25, -0.2) is 9.18 Å². The van der Waals surface area contributed by atoms with Crippen molar-refractivity contribution < 1.29 is 18.8 Å². The topological polar surface area (TPSA) is 88.2 Å². The molecule has 1 aromatic carbocycles. The highest BCUT2D eigenvalue weighted by molar-refractivity contribution is 5.88. The maximum atomic E-state index is 13.5. The van der Waals surface area contributed by atoms with Crippen molar-refractivity contribution in [2.75, 3.05) is 5.32 Å². The molecule has 0 unspecified atom stereocenters. The molecule has 0 spiro atoms. The summed E-state index contributed by atoms with van der Waals surface area (Å²) in [6, 6.07) is 3.62. The van der Waals surface area contributed by atoms with Crippen molar-refractivity contribution in [2.24, 2.45) is 0 Å². The standard InChI is InChI=1S/C11H10FN3O3/c1-6-14-10(15-18-6)5-13-9-3-2-7(11(16)17)4-8(9)12/h2-4,13H,5H2,1H3,(H,16,17). The summed E-state index contributed by atoms with van der Waals surface area (Å²) in [5.41, 5.74) is 0.0795. The number of hydrogen-bond donors (Lipinski definition) is 2. The average Bonchev–Trinajstić information content (AvgIpc) is 2.73. The number of halogens is 1. The fraction of sp³-hybridized carbons (Fsp3) is 0.182. The number of nitrogens with zero attached hydrogens (tertiary/aromatic N) is 2. The highest BCUT2D eigenvalue weighted by Gasteiger charge is 2.09. The average molecular weight is 251 g/mol. The molecule has 0 atom stereocenters. The summed E-state index contributed by atoms with van der Waals surface area (Å²) >= 11 is 0. The Labute approximate surface area is 101 Å². The molecule has 94 valence electrons. The van der Waals surface area contributed by atoms with Gasteiger partial charge in [0.2, 0.25) is 5.89 Å². The Morgan fingerprint density at radius 1 is 1.56 bits per heavy atom. The predicted octanol–water partition coefficient (Wildman–Crippen LogP) is 1.83. The van der Waals surface area contributed by atoms with Gasteiger partial charge >= 0.3 is 5.97 Å². The van der Waals surface area contributed by atoms with E-state index in [9.17, 15) is 9.18 Å². The van der Waals surface area contributed by atoms with Gasteiger partial charge in [0, 0.05) is 6.92 Å². The van der Waals surface area contributed by atoms with E-state index in [4.69, 9.17) is 9.63 Å². The van der Waals surface area contributed by atoms with Gasteiger partial charge in [-0.2, -0.15) is 4.98 Å². The van der Waals surface area contributed by atoms with Gasteiger partial charge in [0.25, 0.3) is 0 Å². The Morgan fingerprint density at radius 2 is 2.33 bits per heavy atom. The lowest BCUT2D eigenvalue weighted by Crippen LogP contribution is -2.04. The zero-order valence-corrected chi connectivity index (χ0v) is 9.48. The van der Waals surface area contributed by atoms with Gasteiger partial charge in [0.15, 0.2) is 5.82 Å². The number of carboxylic acids is 1. The number of benzene rings is 1. The third kappa shape index (κ3) is 2.62. The maximum Gasteiger partial charge on any atom is 0.335 e. The largest absolute Gasteiger partial charge is 0.478 e. The summed E-state index contributed by atoms with van der Waals surface area (Å²) in [4.78, 5) is 14.6. The number of anilines is 1. The van der Waals surface area contributed by atoms with E-state index in [1.54, 1.807) is 6.92 Å². The maximum absolute atomic E-state index is 13.5. The number of nitrogens with one attached hydrogen (secondary N) is 1. The van der Waals surface area contributed by atoms with E-state index >= 15 is 0 Å². The van der Waals surface area contributed by atoms with E-state index in [1.807, 2.05) is 0 Å². The summed E-state index contributed by atoms with van der Waals surface area (Å²) in [6.07, 6.45) is 0. The lowest BCUT2D eigenvalue weighted by Gasteiger charge is -2.05. The minimum atomic E-state index is -1.17. The zero-order valence-electron chi connectivity index (χ0n) is 9.48. The van der Waals surface area contributed by atoms with E-state index in [0.29, 0.717) is 11.7 Å².